The first-order valence-electron chi connectivity index (χ1n) is 21.3. The number of imide groups is 2. The van der Waals surface area contributed by atoms with E-state index in [-0.39, 0.29) is 24.7 Å². The van der Waals surface area contributed by atoms with E-state index in [9.17, 15) is 29.1 Å². The predicted octanol–water partition coefficient (Wildman–Crippen LogP) is 6.62. The van der Waals surface area contributed by atoms with Crippen LogP contribution in [0.5, 0.6) is 0 Å². The largest absolute Gasteiger partial charge is 0.386 e. The van der Waals surface area contributed by atoms with Gasteiger partial charge in [-0.1, -0.05) is 24.3 Å². The summed E-state index contributed by atoms with van der Waals surface area (Å²) in [5.41, 5.74) is 4.27. The molecule has 1 atom stereocenters. The Morgan fingerprint density at radius 1 is 0.831 bits per heavy atom. The Morgan fingerprint density at radius 2 is 1.59 bits per heavy atom. The molecular formula is C46H52N6O6S. The number of thiazole rings is 1. The number of fused-ring (bicyclic) bond motifs is 3. The minimum absolute atomic E-state index is 0.0203. The van der Waals surface area contributed by atoms with E-state index in [1.54, 1.807) is 37.3 Å². The van der Waals surface area contributed by atoms with E-state index >= 15 is 0 Å². The number of nitrogens with one attached hydrogen (secondary N) is 2. The quantitative estimate of drug-likeness (QED) is 0.150. The number of benzene rings is 3. The summed E-state index contributed by atoms with van der Waals surface area (Å²) in [7, 11) is 0. The molecule has 5 amide bonds. The number of carbonyl (C=O) groups is 5. The van der Waals surface area contributed by atoms with E-state index in [0.717, 1.165) is 101 Å². The van der Waals surface area contributed by atoms with E-state index < -0.39 is 29.4 Å². The van der Waals surface area contributed by atoms with Crippen LogP contribution in [0.1, 0.15) is 125 Å². The van der Waals surface area contributed by atoms with Gasteiger partial charge in [0.15, 0.2) is 0 Å². The van der Waals surface area contributed by atoms with Gasteiger partial charge in [-0.3, -0.25) is 34.2 Å². The van der Waals surface area contributed by atoms with Gasteiger partial charge in [-0.05, 0) is 132 Å². The molecule has 4 aromatic rings. The Morgan fingerprint density at radius 3 is 2.36 bits per heavy atom. The molecule has 1 saturated carbocycles. The van der Waals surface area contributed by atoms with Crippen LogP contribution in [0.15, 0.2) is 54.6 Å². The van der Waals surface area contributed by atoms with Crippen LogP contribution < -0.4 is 15.5 Å². The van der Waals surface area contributed by atoms with Crippen molar-refractivity contribution in [3.8, 4) is 0 Å². The van der Waals surface area contributed by atoms with E-state index in [2.05, 4.69) is 21.6 Å². The standard InChI is InChI=1S/C46H52N6O6S/c1-46(2,58)33-24-35-38(25-37(33)51-23-19-29-6-3-4-7-31(29)43(51)55)59-42(48-35)30-12-10-28(11-13-30)26-50-21-17-27(18-22-50)16-20-47-34-9-5-8-32-40(34)45(57)52(44(32)56)36-14-15-39(53)49-41(36)54/h3-9,24-25,27-28,30,36,47,58H,10-23,26H2,1-2H3,(H,49,53,54). The van der Waals surface area contributed by atoms with Gasteiger partial charge in [0.05, 0.1) is 37.6 Å². The molecule has 3 fully saturated rings. The van der Waals surface area contributed by atoms with Gasteiger partial charge in [0.25, 0.3) is 17.7 Å². The van der Waals surface area contributed by atoms with E-state index in [0.29, 0.717) is 47.7 Å². The molecule has 1 aliphatic carbocycles. The molecule has 308 valence electrons. The van der Waals surface area contributed by atoms with Gasteiger partial charge >= 0.3 is 0 Å². The molecule has 0 spiro atoms. The summed E-state index contributed by atoms with van der Waals surface area (Å²) in [6, 6.07) is 16.1. The second-order valence-corrected chi connectivity index (χ2v) is 18.7. The molecule has 9 rings (SSSR count). The highest BCUT2D eigenvalue weighted by molar-refractivity contribution is 7.18. The van der Waals surface area contributed by atoms with E-state index in [1.165, 1.54) is 12.8 Å². The van der Waals surface area contributed by atoms with Crippen molar-refractivity contribution < 1.29 is 29.1 Å². The molecule has 3 aromatic carbocycles. The summed E-state index contributed by atoms with van der Waals surface area (Å²) in [5.74, 6) is -0.335. The number of likely N-dealkylation sites (tertiary alicyclic amines) is 1. The minimum Gasteiger partial charge on any atom is -0.386 e. The highest BCUT2D eigenvalue weighted by atomic mass is 32.1. The fourth-order valence-electron chi connectivity index (χ4n) is 10.0. The Kier molecular flexibility index (Phi) is 10.6. The zero-order valence-electron chi connectivity index (χ0n) is 33.8. The number of carbonyl (C=O) groups excluding carboxylic acids is 5. The number of aliphatic hydroxyl groups is 1. The van der Waals surface area contributed by atoms with Crippen molar-refractivity contribution in [1.82, 2.24) is 20.1 Å². The van der Waals surface area contributed by atoms with Crippen LogP contribution in [0.4, 0.5) is 11.4 Å². The summed E-state index contributed by atoms with van der Waals surface area (Å²) in [5, 5.41) is 18.1. The maximum atomic E-state index is 13.7. The smallest absolute Gasteiger partial charge is 0.264 e. The van der Waals surface area contributed by atoms with Crippen LogP contribution in [0.25, 0.3) is 10.2 Å². The molecule has 12 nitrogen and oxygen atoms in total. The highest BCUT2D eigenvalue weighted by Gasteiger charge is 2.45. The number of piperidine rings is 2. The molecule has 0 bridgehead atoms. The number of rotatable bonds is 10. The molecule has 0 radical (unpaired) electrons. The SMILES string of the molecule is CC(C)(O)c1cc2nc(C3CCC(CN4CCC(CCNc5cccc6c5C(=O)N(C5CCC(=O)NC5=O)C6=O)CC4)CC3)sc2cc1N1CCc2ccccc2C1=O. The van der Waals surface area contributed by atoms with Crippen LogP contribution in [0, 0.1) is 11.8 Å². The number of amides is 5. The molecule has 3 N–H and O–H groups in total. The summed E-state index contributed by atoms with van der Waals surface area (Å²) >= 11 is 1.74. The van der Waals surface area contributed by atoms with Gasteiger partial charge in [0.2, 0.25) is 11.8 Å². The Hall–Kier alpha value is -4.98. The summed E-state index contributed by atoms with van der Waals surface area (Å²) in [6.45, 7) is 8.10. The van der Waals surface area contributed by atoms with Crippen LogP contribution in [-0.4, -0.2) is 88.2 Å². The maximum absolute atomic E-state index is 13.7. The van der Waals surface area contributed by atoms with Crippen LogP contribution in [0.2, 0.25) is 0 Å². The Labute approximate surface area is 348 Å². The van der Waals surface area contributed by atoms with Crippen molar-refractivity contribution in [2.75, 3.05) is 42.9 Å². The number of nitrogens with zero attached hydrogens (tertiary/aromatic N) is 4. The lowest BCUT2D eigenvalue weighted by molar-refractivity contribution is -0.136. The predicted molar refractivity (Wildman–Crippen MR) is 227 cm³/mol. The summed E-state index contributed by atoms with van der Waals surface area (Å²) in [4.78, 5) is 75.1. The fourth-order valence-corrected chi connectivity index (χ4v) is 11.2. The molecule has 5 heterocycles. The molecule has 13 heteroatoms. The van der Waals surface area contributed by atoms with Gasteiger partial charge in [0, 0.05) is 48.8 Å². The summed E-state index contributed by atoms with van der Waals surface area (Å²) in [6.07, 6.45) is 8.80. The van der Waals surface area contributed by atoms with Crippen LogP contribution in [0.3, 0.4) is 0 Å². The number of hydrogen-bond donors (Lipinski definition) is 3. The molecule has 1 unspecified atom stereocenters. The third-order valence-electron chi connectivity index (χ3n) is 13.3. The van der Waals surface area contributed by atoms with Gasteiger partial charge in [-0.25, -0.2) is 4.98 Å². The lowest BCUT2D eigenvalue weighted by Gasteiger charge is -2.36. The third kappa shape index (κ3) is 7.68. The zero-order valence-corrected chi connectivity index (χ0v) is 34.6. The maximum Gasteiger partial charge on any atom is 0.264 e. The molecule has 59 heavy (non-hydrogen) atoms. The lowest BCUT2D eigenvalue weighted by Crippen LogP contribution is -2.54. The van der Waals surface area contributed by atoms with Crippen LogP contribution >= 0.6 is 11.3 Å². The van der Waals surface area contributed by atoms with E-state index in [1.807, 2.05) is 41.3 Å². The Bertz CT molecular complexity index is 2340. The second-order valence-electron chi connectivity index (χ2n) is 17.7. The molecule has 5 aliphatic rings. The van der Waals surface area contributed by atoms with Crippen molar-refractivity contribution >= 4 is 62.5 Å². The van der Waals surface area contributed by atoms with Crippen molar-refractivity contribution in [1.29, 1.82) is 0 Å². The Balaban J connectivity index is 0.758. The van der Waals surface area contributed by atoms with Crippen molar-refractivity contribution in [2.45, 2.75) is 95.6 Å². The van der Waals surface area contributed by atoms with Crippen molar-refractivity contribution in [3.05, 3.63) is 87.4 Å². The average Bonchev–Trinajstić information content (AvgIpc) is 3.76. The monoisotopic (exact) mass is 816 g/mol. The normalized spacial score (nSPS) is 23.2. The lowest BCUT2D eigenvalue weighted by atomic mass is 9.81. The first-order valence-corrected chi connectivity index (χ1v) is 22.1. The minimum atomic E-state index is -1.13. The average molecular weight is 817 g/mol. The highest BCUT2D eigenvalue weighted by Crippen LogP contribution is 2.43. The second kappa shape index (κ2) is 15.9. The first-order chi connectivity index (χ1) is 28.4. The number of anilines is 2. The van der Waals surface area contributed by atoms with Crippen LogP contribution in [-0.2, 0) is 21.6 Å². The first kappa shape index (κ1) is 39.5. The molecule has 2 saturated heterocycles. The number of aromatic nitrogens is 1. The van der Waals surface area contributed by atoms with Gasteiger partial charge < -0.3 is 20.2 Å². The van der Waals surface area contributed by atoms with Crippen molar-refractivity contribution in [2.24, 2.45) is 11.8 Å². The topological polar surface area (TPSA) is 152 Å². The van der Waals surface area contributed by atoms with Gasteiger partial charge in [-0.15, -0.1) is 11.3 Å². The molecule has 1 aromatic heterocycles. The number of hydrogen-bond acceptors (Lipinski definition) is 10. The van der Waals surface area contributed by atoms with Crippen molar-refractivity contribution in [3.63, 3.8) is 0 Å². The van der Waals surface area contributed by atoms with Gasteiger partial charge in [-0.2, -0.15) is 0 Å². The zero-order chi connectivity index (χ0) is 41.0. The summed E-state index contributed by atoms with van der Waals surface area (Å²) < 4.78 is 1.06. The van der Waals surface area contributed by atoms with E-state index in [4.69, 9.17) is 4.98 Å². The molecule has 4 aliphatic heterocycles. The molecular weight excluding hydrogens is 765 g/mol. The fraction of sp³-hybridized carbons (Fsp3) is 0.478. The third-order valence-corrected chi connectivity index (χ3v) is 14.5. The van der Waals surface area contributed by atoms with Gasteiger partial charge in [0.1, 0.15) is 6.04 Å².